The van der Waals surface area contributed by atoms with Crippen LogP contribution in [0.4, 0.5) is 4.79 Å². The second-order valence-corrected chi connectivity index (χ2v) is 5.03. The van der Waals surface area contributed by atoms with E-state index in [1.807, 2.05) is 72.8 Å². The number of nitrogens with one attached hydrogen (secondary N) is 1. The van der Waals surface area contributed by atoms with E-state index in [2.05, 4.69) is 5.32 Å². The first kappa shape index (κ1) is 14.9. The first-order chi connectivity index (χ1) is 11.3. The molecule has 0 aliphatic heterocycles. The summed E-state index contributed by atoms with van der Waals surface area (Å²) in [7, 11) is 0. The van der Waals surface area contributed by atoms with Crippen LogP contribution in [-0.4, -0.2) is 12.6 Å². The number of alkyl carbamates (subject to hydrolysis) is 1. The Morgan fingerprint density at radius 1 is 1.09 bits per heavy atom. The van der Waals surface area contributed by atoms with E-state index in [0.717, 1.165) is 22.3 Å². The van der Waals surface area contributed by atoms with Crippen molar-refractivity contribution in [3.8, 4) is 0 Å². The zero-order valence-electron chi connectivity index (χ0n) is 12.6. The number of hydrogen-bond acceptors (Lipinski definition) is 3. The highest BCUT2D eigenvalue weighted by Gasteiger charge is 2.01. The van der Waals surface area contributed by atoms with E-state index in [0.29, 0.717) is 6.54 Å². The maximum atomic E-state index is 11.6. The lowest BCUT2D eigenvalue weighted by Gasteiger charge is -2.04. The topological polar surface area (TPSA) is 51.5 Å². The molecular weight excluding hydrogens is 290 g/mol. The number of ether oxygens (including phenoxy) is 1. The van der Waals surface area contributed by atoms with Gasteiger partial charge >= 0.3 is 6.09 Å². The van der Waals surface area contributed by atoms with Gasteiger partial charge in [0.05, 0.1) is 0 Å². The molecule has 3 rings (SSSR count). The summed E-state index contributed by atoms with van der Waals surface area (Å²) in [5, 5.41) is 3.73. The first-order valence-corrected chi connectivity index (χ1v) is 7.41. The van der Waals surface area contributed by atoms with Gasteiger partial charge in [0.2, 0.25) is 0 Å². The Bertz CT molecular complexity index is 773. The average Bonchev–Trinajstić information content (AvgIpc) is 3.00. The molecule has 0 spiro atoms. The molecule has 0 atom stereocenters. The van der Waals surface area contributed by atoms with Crippen molar-refractivity contribution >= 4 is 23.1 Å². The lowest BCUT2D eigenvalue weighted by molar-refractivity contribution is 0.141. The Morgan fingerprint density at radius 3 is 2.70 bits per heavy atom. The molecule has 0 saturated carbocycles. The lowest BCUT2D eigenvalue weighted by Crippen LogP contribution is -2.24. The fourth-order valence-electron chi connectivity index (χ4n) is 2.18. The van der Waals surface area contributed by atoms with Crippen LogP contribution in [0.15, 0.2) is 71.2 Å². The summed E-state index contributed by atoms with van der Waals surface area (Å²) in [5.41, 5.74) is 1.81. The molecule has 0 aliphatic carbocycles. The zero-order chi connectivity index (χ0) is 15.9. The van der Waals surface area contributed by atoms with Crippen molar-refractivity contribution < 1.29 is 13.9 Å². The number of amides is 1. The van der Waals surface area contributed by atoms with Crippen LogP contribution in [0, 0.1) is 0 Å². The highest BCUT2D eigenvalue weighted by Crippen LogP contribution is 2.19. The van der Waals surface area contributed by atoms with E-state index >= 15 is 0 Å². The van der Waals surface area contributed by atoms with Crippen LogP contribution in [0.2, 0.25) is 0 Å². The third-order valence-electron chi connectivity index (χ3n) is 3.30. The molecule has 4 nitrogen and oxygen atoms in total. The molecular formula is C19H17NO3. The van der Waals surface area contributed by atoms with Crippen molar-refractivity contribution in [2.75, 3.05) is 6.54 Å². The highest BCUT2D eigenvalue weighted by atomic mass is 16.5. The third kappa shape index (κ3) is 4.23. The molecule has 0 radical (unpaired) electrons. The second-order valence-electron chi connectivity index (χ2n) is 5.03. The SMILES string of the molecule is O=C(NCC=Cc1cc2ccccc2o1)OCc1ccccc1. The molecule has 0 fully saturated rings. The molecule has 0 saturated heterocycles. The summed E-state index contributed by atoms with van der Waals surface area (Å²) in [6.45, 7) is 0.643. The monoisotopic (exact) mass is 307 g/mol. The largest absolute Gasteiger partial charge is 0.457 e. The molecule has 1 N–H and O–H groups in total. The van der Waals surface area contributed by atoms with Crippen molar-refractivity contribution in [1.29, 1.82) is 0 Å². The van der Waals surface area contributed by atoms with Crippen LogP contribution in [0.1, 0.15) is 11.3 Å². The van der Waals surface area contributed by atoms with Gasteiger partial charge in [-0.3, -0.25) is 0 Å². The van der Waals surface area contributed by atoms with Gasteiger partial charge in [-0.15, -0.1) is 0 Å². The minimum absolute atomic E-state index is 0.264. The Hall–Kier alpha value is -3.01. The normalized spacial score (nSPS) is 11.0. The van der Waals surface area contributed by atoms with Gasteiger partial charge in [0.1, 0.15) is 18.0 Å². The zero-order valence-corrected chi connectivity index (χ0v) is 12.6. The molecule has 23 heavy (non-hydrogen) atoms. The minimum Gasteiger partial charge on any atom is -0.457 e. The smallest absolute Gasteiger partial charge is 0.407 e. The predicted octanol–water partition coefficient (Wildman–Crippen LogP) is 4.37. The number of rotatable bonds is 5. The summed E-state index contributed by atoms with van der Waals surface area (Å²) in [4.78, 5) is 11.6. The van der Waals surface area contributed by atoms with Crippen molar-refractivity contribution in [2.45, 2.75) is 6.61 Å². The molecule has 0 aliphatic rings. The van der Waals surface area contributed by atoms with Gasteiger partial charge in [-0.05, 0) is 23.8 Å². The Kier molecular flexibility index (Phi) is 4.74. The third-order valence-corrected chi connectivity index (χ3v) is 3.30. The van der Waals surface area contributed by atoms with Crippen LogP contribution < -0.4 is 5.32 Å². The van der Waals surface area contributed by atoms with E-state index in [4.69, 9.17) is 9.15 Å². The van der Waals surface area contributed by atoms with Crippen LogP contribution >= 0.6 is 0 Å². The fourth-order valence-corrected chi connectivity index (χ4v) is 2.18. The van der Waals surface area contributed by atoms with E-state index in [1.54, 1.807) is 0 Å². The van der Waals surface area contributed by atoms with Gasteiger partial charge in [-0.1, -0.05) is 54.6 Å². The number of hydrogen-bond donors (Lipinski definition) is 1. The summed E-state index contributed by atoms with van der Waals surface area (Å²) >= 11 is 0. The van der Waals surface area contributed by atoms with Crippen molar-refractivity contribution in [3.63, 3.8) is 0 Å². The molecule has 4 heteroatoms. The molecule has 0 unspecified atom stereocenters. The highest BCUT2D eigenvalue weighted by molar-refractivity contribution is 5.79. The van der Waals surface area contributed by atoms with Gasteiger partial charge < -0.3 is 14.5 Å². The molecule has 116 valence electrons. The predicted molar refractivity (Wildman–Crippen MR) is 89.9 cm³/mol. The fraction of sp³-hybridized carbons (Fsp3) is 0.105. The summed E-state index contributed by atoms with van der Waals surface area (Å²) in [5.74, 6) is 0.755. The Balaban J connectivity index is 1.44. The van der Waals surface area contributed by atoms with Gasteiger partial charge in [0.25, 0.3) is 0 Å². The molecule has 1 amide bonds. The van der Waals surface area contributed by atoms with Crippen LogP contribution in [0.5, 0.6) is 0 Å². The maximum absolute atomic E-state index is 11.6. The Labute approximate surface area is 134 Å². The first-order valence-electron chi connectivity index (χ1n) is 7.41. The number of carbonyl (C=O) groups excluding carboxylic acids is 1. The van der Waals surface area contributed by atoms with Gasteiger partial charge in [-0.25, -0.2) is 4.79 Å². The van der Waals surface area contributed by atoms with Crippen LogP contribution in [0.25, 0.3) is 17.0 Å². The summed E-state index contributed by atoms with van der Waals surface area (Å²) in [6.07, 6.45) is 3.21. The van der Waals surface area contributed by atoms with Gasteiger partial charge in [0.15, 0.2) is 0 Å². The average molecular weight is 307 g/mol. The molecule has 0 bridgehead atoms. The van der Waals surface area contributed by atoms with Crippen LogP contribution in [-0.2, 0) is 11.3 Å². The van der Waals surface area contributed by atoms with Crippen LogP contribution in [0.3, 0.4) is 0 Å². The van der Waals surface area contributed by atoms with Crippen molar-refractivity contribution in [2.24, 2.45) is 0 Å². The molecule has 1 aromatic heterocycles. The standard InChI is InChI=1S/C19H17NO3/c21-19(22-14-15-7-2-1-3-8-15)20-12-6-10-17-13-16-9-4-5-11-18(16)23-17/h1-11,13H,12,14H2,(H,20,21). The van der Waals surface area contributed by atoms with Gasteiger partial charge in [0, 0.05) is 11.9 Å². The van der Waals surface area contributed by atoms with Crippen molar-refractivity contribution in [3.05, 3.63) is 78.1 Å². The van der Waals surface area contributed by atoms with Crippen molar-refractivity contribution in [1.82, 2.24) is 5.32 Å². The van der Waals surface area contributed by atoms with E-state index in [-0.39, 0.29) is 6.61 Å². The number of furan rings is 1. The molecule has 3 aromatic rings. The van der Waals surface area contributed by atoms with E-state index in [9.17, 15) is 4.79 Å². The quantitative estimate of drug-likeness (QED) is 0.761. The number of para-hydroxylation sites is 1. The number of carbonyl (C=O) groups is 1. The molecule has 2 aromatic carbocycles. The molecule has 1 heterocycles. The van der Waals surface area contributed by atoms with E-state index < -0.39 is 6.09 Å². The number of fused-ring (bicyclic) bond motifs is 1. The number of benzene rings is 2. The Morgan fingerprint density at radius 2 is 1.87 bits per heavy atom. The maximum Gasteiger partial charge on any atom is 0.407 e. The van der Waals surface area contributed by atoms with E-state index in [1.165, 1.54) is 0 Å². The van der Waals surface area contributed by atoms with Gasteiger partial charge in [-0.2, -0.15) is 0 Å². The summed E-state index contributed by atoms with van der Waals surface area (Å²) < 4.78 is 10.8. The summed E-state index contributed by atoms with van der Waals surface area (Å²) in [6, 6.07) is 19.3. The minimum atomic E-state index is -0.442. The lowest BCUT2D eigenvalue weighted by atomic mass is 10.2. The second kappa shape index (κ2) is 7.31.